The monoisotopic (exact) mass is 268 g/mol. The van der Waals surface area contributed by atoms with Gasteiger partial charge in [-0.15, -0.1) is 11.3 Å². The topological polar surface area (TPSA) is 67.4 Å². The molecule has 2 amide bonds. The number of urea groups is 1. The largest absolute Gasteiger partial charge is 0.465 e. The van der Waals surface area contributed by atoms with Crippen molar-refractivity contribution >= 4 is 29.0 Å². The highest BCUT2D eigenvalue weighted by Crippen LogP contribution is 2.28. The highest BCUT2D eigenvalue weighted by atomic mass is 32.1. The lowest BCUT2D eigenvalue weighted by Crippen LogP contribution is -2.42. The summed E-state index contributed by atoms with van der Waals surface area (Å²) in [6.07, 6.45) is 3.22. The van der Waals surface area contributed by atoms with Gasteiger partial charge in [0.2, 0.25) is 0 Å². The van der Waals surface area contributed by atoms with Gasteiger partial charge in [0.15, 0.2) is 0 Å². The van der Waals surface area contributed by atoms with Gasteiger partial charge in [0, 0.05) is 6.04 Å². The number of hydrogen-bond donors (Lipinski definition) is 2. The Morgan fingerprint density at radius 2 is 2.17 bits per heavy atom. The summed E-state index contributed by atoms with van der Waals surface area (Å²) >= 11 is 1.27. The Morgan fingerprint density at radius 1 is 1.44 bits per heavy atom. The van der Waals surface area contributed by atoms with Crippen LogP contribution in [0.5, 0.6) is 0 Å². The van der Waals surface area contributed by atoms with Crippen molar-refractivity contribution in [3.8, 4) is 0 Å². The smallest absolute Gasteiger partial charge is 0.350 e. The van der Waals surface area contributed by atoms with E-state index in [0.29, 0.717) is 10.6 Å². The number of aryl methyl sites for hydroxylation is 1. The number of thiophene rings is 1. The summed E-state index contributed by atoms with van der Waals surface area (Å²) in [5.41, 5.74) is 1.41. The molecule has 1 saturated carbocycles. The minimum absolute atomic E-state index is 0.258. The van der Waals surface area contributed by atoms with Crippen molar-refractivity contribution in [2.24, 2.45) is 0 Å². The van der Waals surface area contributed by atoms with Crippen molar-refractivity contribution in [3.63, 3.8) is 0 Å². The van der Waals surface area contributed by atoms with E-state index in [2.05, 4.69) is 15.4 Å². The van der Waals surface area contributed by atoms with E-state index in [1.165, 1.54) is 18.4 Å². The van der Waals surface area contributed by atoms with Gasteiger partial charge < -0.3 is 15.4 Å². The second kappa shape index (κ2) is 5.39. The van der Waals surface area contributed by atoms with E-state index >= 15 is 0 Å². The molecule has 0 spiro atoms. The first-order valence-electron chi connectivity index (χ1n) is 5.85. The zero-order valence-electron chi connectivity index (χ0n) is 10.4. The van der Waals surface area contributed by atoms with Crippen LogP contribution in [0.3, 0.4) is 0 Å². The Hall–Kier alpha value is -1.56. The highest BCUT2D eigenvalue weighted by molar-refractivity contribution is 7.12. The number of esters is 1. The van der Waals surface area contributed by atoms with Crippen LogP contribution in [0.15, 0.2) is 5.38 Å². The molecule has 98 valence electrons. The van der Waals surface area contributed by atoms with Gasteiger partial charge in [-0.05, 0) is 37.1 Å². The van der Waals surface area contributed by atoms with Crippen LogP contribution >= 0.6 is 11.3 Å². The molecule has 18 heavy (non-hydrogen) atoms. The van der Waals surface area contributed by atoms with Gasteiger partial charge in [-0.2, -0.15) is 0 Å². The fraction of sp³-hybridized carbons (Fsp3) is 0.500. The third kappa shape index (κ3) is 2.64. The van der Waals surface area contributed by atoms with Crippen molar-refractivity contribution < 1.29 is 14.3 Å². The Morgan fingerprint density at radius 3 is 2.72 bits per heavy atom. The van der Waals surface area contributed by atoms with Gasteiger partial charge in [-0.1, -0.05) is 0 Å². The molecule has 0 saturated heterocycles. The number of carbonyl (C=O) groups excluding carboxylic acids is 2. The van der Waals surface area contributed by atoms with Gasteiger partial charge in [0.05, 0.1) is 12.8 Å². The molecule has 0 atom stereocenters. The maximum absolute atomic E-state index is 11.8. The average molecular weight is 268 g/mol. The predicted molar refractivity (Wildman–Crippen MR) is 70.2 cm³/mol. The predicted octanol–water partition coefficient (Wildman–Crippen LogP) is 2.52. The standard InChI is InChI=1S/C12H16N2O3S/c1-7-6-18-10(11(15)17-2)9(7)14-12(16)13-8-4-3-5-8/h6,8H,3-5H2,1-2H3,(H2,13,14,16). The molecule has 0 aromatic carbocycles. The summed E-state index contributed by atoms with van der Waals surface area (Å²) in [7, 11) is 1.33. The molecule has 1 heterocycles. The fourth-order valence-corrected chi connectivity index (χ4v) is 2.65. The molecule has 1 aliphatic carbocycles. The quantitative estimate of drug-likeness (QED) is 0.828. The Bertz CT molecular complexity index is 466. The van der Waals surface area contributed by atoms with Crippen molar-refractivity contribution in [3.05, 3.63) is 15.8 Å². The molecular formula is C12H16N2O3S. The van der Waals surface area contributed by atoms with E-state index < -0.39 is 5.97 Å². The lowest BCUT2D eigenvalue weighted by atomic mass is 9.93. The lowest BCUT2D eigenvalue weighted by molar-refractivity contribution is 0.0607. The third-order valence-electron chi connectivity index (χ3n) is 3.02. The van der Waals surface area contributed by atoms with Gasteiger partial charge >= 0.3 is 12.0 Å². The summed E-state index contributed by atoms with van der Waals surface area (Å²) in [6, 6.07) is 0.0110. The van der Waals surface area contributed by atoms with E-state index in [1.54, 1.807) is 0 Å². The van der Waals surface area contributed by atoms with Crippen LogP contribution in [-0.2, 0) is 4.74 Å². The molecule has 0 aliphatic heterocycles. The molecule has 1 aromatic heterocycles. The molecule has 2 N–H and O–H groups in total. The summed E-state index contributed by atoms with van der Waals surface area (Å²) in [5, 5.41) is 7.43. The van der Waals surface area contributed by atoms with Crippen LogP contribution in [0.25, 0.3) is 0 Å². The molecule has 1 aliphatic rings. The SMILES string of the molecule is COC(=O)c1scc(C)c1NC(=O)NC1CCC1. The van der Waals surface area contributed by atoms with E-state index in [0.717, 1.165) is 24.8 Å². The third-order valence-corrected chi connectivity index (χ3v) is 4.10. The molecule has 2 rings (SSSR count). The summed E-state index contributed by atoms with van der Waals surface area (Å²) in [5.74, 6) is -0.424. The zero-order valence-corrected chi connectivity index (χ0v) is 11.2. The Labute approximate surface area is 110 Å². The molecule has 1 fully saturated rings. The van der Waals surface area contributed by atoms with Crippen molar-refractivity contribution in [2.75, 3.05) is 12.4 Å². The molecular weight excluding hydrogens is 252 g/mol. The first-order chi connectivity index (χ1) is 8.61. The summed E-state index contributed by atoms with van der Waals surface area (Å²) in [4.78, 5) is 23.7. The second-order valence-corrected chi connectivity index (χ2v) is 5.22. The van der Waals surface area contributed by atoms with Crippen molar-refractivity contribution in [1.29, 1.82) is 0 Å². The zero-order chi connectivity index (χ0) is 13.1. The Balaban J connectivity index is 2.05. The highest BCUT2D eigenvalue weighted by Gasteiger charge is 2.22. The van der Waals surface area contributed by atoms with Gasteiger partial charge in [0.1, 0.15) is 4.88 Å². The van der Waals surface area contributed by atoms with Gasteiger partial charge in [0.25, 0.3) is 0 Å². The number of hydrogen-bond acceptors (Lipinski definition) is 4. The Kier molecular flexibility index (Phi) is 3.86. The molecule has 0 radical (unpaired) electrons. The van der Waals surface area contributed by atoms with E-state index in [1.807, 2.05) is 12.3 Å². The van der Waals surface area contributed by atoms with Gasteiger partial charge in [-0.25, -0.2) is 9.59 Å². The minimum Gasteiger partial charge on any atom is -0.465 e. The first-order valence-corrected chi connectivity index (χ1v) is 6.73. The fourth-order valence-electron chi connectivity index (χ4n) is 1.73. The maximum atomic E-state index is 11.8. The minimum atomic E-state index is -0.424. The molecule has 0 unspecified atom stereocenters. The first kappa shape index (κ1) is 12.9. The van der Waals surface area contributed by atoms with Crippen LogP contribution in [0.1, 0.15) is 34.5 Å². The van der Waals surface area contributed by atoms with Crippen LogP contribution < -0.4 is 10.6 Å². The van der Waals surface area contributed by atoms with Gasteiger partial charge in [-0.3, -0.25) is 0 Å². The normalized spacial score (nSPS) is 14.8. The summed E-state index contributed by atoms with van der Waals surface area (Å²) < 4.78 is 4.69. The van der Waals surface area contributed by atoms with Crippen LogP contribution in [-0.4, -0.2) is 25.2 Å². The molecule has 0 bridgehead atoms. The second-order valence-electron chi connectivity index (χ2n) is 4.34. The number of methoxy groups -OCH3 is 1. The van der Waals surface area contributed by atoms with E-state index in [-0.39, 0.29) is 12.1 Å². The number of rotatable bonds is 3. The molecule has 6 heteroatoms. The van der Waals surface area contributed by atoms with Crippen LogP contribution in [0.2, 0.25) is 0 Å². The number of anilines is 1. The van der Waals surface area contributed by atoms with Crippen LogP contribution in [0, 0.1) is 6.92 Å². The molecule has 1 aromatic rings. The van der Waals surface area contributed by atoms with E-state index in [4.69, 9.17) is 0 Å². The number of carbonyl (C=O) groups is 2. The maximum Gasteiger partial charge on any atom is 0.350 e. The number of amides is 2. The number of nitrogens with one attached hydrogen (secondary N) is 2. The average Bonchev–Trinajstić information content (AvgIpc) is 2.65. The van der Waals surface area contributed by atoms with Crippen molar-refractivity contribution in [2.45, 2.75) is 32.2 Å². The summed E-state index contributed by atoms with van der Waals surface area (Å²) in [6.45, 7) is 1.85. The van der Waals surface area contributed by atoms with E-state index in [9.17, 15) is 9.59 Å². The number of ether oxygens (including phenoxy) is 1. The molecule has 5 nitrogen and oxygen atoms in total. The van der Waals surface area contributed by atoms with Crippen LogP contribution in [0.4, 0.5) is 10.5 Å². The van der Waals surface area contributed by atoms with Crippen molar-refractivity contribution in [1.82, 2.24) is 5.32 Å². The lowest BCUT2D eigenvalue weighted by Gasteiger charge is -2.26.